The number of hydrogen-bond donors (Lipinski definition) is 4. The van der Waals surface area contributed by atoms with E-state index in [0.717, 1.165) is 26.5 Å². The molecule has 0 atom stereocenters. The van der Waals surface area contributed by atoms with E-state index in [1.807, 2.05) is 36.4 Å². The molecule has 4 N–H and O–H groups in total. The number of sulfonamides is 1. The summed E-state index contributed by atoms with van der Waals surface area (Å²) in [7, 11) is -2.32. The lowest BCUT2D eigenvalue weighted by Gasteiger charge is -2.18. The van der Waals surface area contributed by atoms with Crippen molar-refractivity contribution in [3.8, 4) is 17.0 Å². The fourth-order valence-corrected chi connectivity index (χ4v) is 3.96. The first-order valence-electron chi connectivity index (χ1n) is 9.45. The molecule has 0 aliphatic carbocycles. The minimum absolute atomic E-state index is 0.0592. The van der Waals surface area contributed by atoms with Crippen LogP contribution in [0, 0.1) is 0 Å². The lowest BCUT2D eigenvalue weighted by molar-refractivity contribution is 0.260. The van der Waals surface area contributed by atoms with E-state index in [9.17, 15) is 13.2 Å². The number of aromatic amines is 1. The van der Waals surface area contributed by atoms with Crippen molar-refractivity contribution in [2.24, 2.45) is 5.14 Å². The standard InChI is InChI=1S/C22H20N4O4S2/c1-30-21-11-6-15(19-12-14-4-2-3-5-18(14)24-19)13-20(21)25-22(27)26(31)16-7-9-17(10-8-16)32(23,28)29/h2-13,24,31H,1H3,(H,25,27)(H2,23,28,29). The van der Waals surface area contributed by atoms with Crippen LogP contribution in [0.5, 0.6) is 5.75 Å². The quantitative estimate of drug-likeness (QED) is 0.325. The molecular formula is C22H20N4O4S2. The molecule has 0 unspecified atom stereocenters. The molecule has 1 heterocycles. The van der Waals surface area contributed by atoms with Crippen LogP contribution in [-0.2, 0) is 10.0 Å². The fraction of sp³-hybridized carbons (Fsp3) is 0.0455. The Labute approximate surface area is 190 Å². The maximum Gasteiger partial charge on any atom is 0.336 e. The van der Waals surface area contributed by atoms with Gasteiger partial charge in [-0.15, -0.1) is 0 Å². The molecule has 1 aromatic heterocycles. The molecule has 4 aromatic rings. The molecule has 0 radical (unpaired) electrons. The molecule has 3 aromatic carbocycles. The van der Waals surface area contributed by atoms with Crippen molar-refractivity contribution in [3.05, 3.63) is 72.8 Å². The number of anilines is 2. The van der Waals surface area contributed by atoms with Crippen LogP contribution in [0.25, 0.3) is 22.2 Å². The number of carbonyl (C=O) groups excluding carboxylic acids is 1. The number of para-hydroxylation sites is 1. The third kappa shape index (κ3) is 4.42. The summed E-state index contributed by atoms with van der Waals surface area (Å²) in [5.41, 5.74) is 3.58. The second kappa shape index (κ2) is 8.58. The summed E-state index contributed by atoms with van der Waals surface area (Å²) in [6.45, 7) is 0. The van der Waals surface area contributed by atoms with Gasteiger partial charge in [0.05, 0.1) is 23.4 Å². The van der Waals surface area contributed by atoms with Crippen molar-refractivity contribution in [1.29, 1.82) is 0 Å². The van der Waals surface area contributed by atoms with Crippen LogP contribution >= 0.6 is 12.8 Å². The minimum atomic E-state index is -3.83. The van der Waals surface area contributed by atoms with Gasteiger partial charge in [0.25, 0.3) is 0 Å². The Morgan fingerprint density at radius 1 is 1.06 bits per heavy atom. The smallest absolute Gasteiger partial charge is 0.336 e. The van der Waals surface area contributed by atoms with Gasteiger partial charge in [-0.1, -0.05) is 31.0 Å². The first-order valence-corrected chi connectivity index (χ1v) is 11.4. The average molecular weight is 469 g/mol. The van der Waals surface area contributed by atoms with E-state index in [4.69, 9.17) is 9.88 Å². The zero-order valence-electron chi connectivity index (χ0n) is 16.9. The predicted octanol–water partition coefficient (Wildman–Crippen LogP) is 4.37. The molecule has 0 fully saturated rings. The highest BCUT2D eigenvalue weighted by molar-refractivity contribution is 7.89. The zero-order valence-corrected chi connectivity index (χ0v) is 18.7. The van der Waals surface area contributed by atoms with Crippen LogP contribution in [0.15, 0.2) is 77.7 Å². The van der Waals surface area contributed by atoms with Crippen molar-refractivity contribution in [3.63, 3.8) is 0 Å². The van der Waals surface area contributed by atoms with Gasteiger partial charge in [0.1, 0.15) is 5.75 Å². The first-order chi connectivity index (χ1) is 15.3. The van der Waals surface area contributed by atoms with E-state index in [1.165, 1.54) is 31.4 Å². The van der Waals surface area contributed by atoms with Crippen LogP contribution in [0.4, 0.5) is 16.2 Å². The number of nitrogens with two attached hydrogens (primary N) is 1. The third-order valence-corrected chi connectivity index (χ3v) is 6.23. The van der Waals surface area contributed by atoms with Gasteiger partial charge in [0, 0.05) is 22.2 Å². The van der Waals surface area contributed by atoms with E-state index in [0.29, 0.717) is 17.1 Å². The van der Waals surface area contributed by atoms with Gasteiger partial charge in [-0.3, -0.25) is 0 Å². The molecule has 10 heteroatoms. The number of methoxy groups -OCH3 is 1. The molecule has 0 spiro atoms. The molecule has 0 aliphatic rings. The number of nitrogens with one attached hydrogen (secondary N) is 2. The second-order valence-corrected chi connectivity index (χ2v) is 8.93. The van der Waals surface area contributed by atoms with Gasteiger partial charge in [-0.25, -0.2) is 22.7 Å². The van der Waals surface area contributed by atoms with Gasteiger partial charge in [0.2, 0.25) is 10.0 Å². The number of ether oxygens (including phenoxy) is 1. The molecule has 4 rings (SSSR count). The largest absolute Gasteiger partial charge is 0.495 e. The molecule has 164 valence electrons. The third-order valence-electron chi connectivity index (χ3n) is 4.88. The summed E-state index contributed by atoms with van der Waals surface area (Å²) < 4.78 is 29.3. The maximum atomic E-state index is 12.8. The summed E-state index contributed by atoms with van der Waals surface area (Å²) >= 11 is 4.24. The van der Waals surface area contributed by atoms with Gasteiger partial charge >= 0.3 is 6.03 Å². The van der Waals surface area contributed by atoms with Crippen molar-refractivity contribution in [1.82, 2.24) is 4.98 Å². The zero-order chi connectivity index (χ0) is 22.9. The van der Waals surface area contributed by atoms with Gasteiger partial charge in [-0.05, 0) is 54.6 Å². The minimum Gasteiger partial charge on any atom is -0.495 e. The van der Waals surface area contributed by atoms with E-state index < -0.39 is 16.1 Å². The summed E-state index contributed by atoms with van der Waals surface area (Å²) in [6, 6.07) is 20.3. The lowest BCUT2D eigenvalue weighted by Crippen LogP contribution is -2.27. The lowest BCUT2D eigenvalue weighted by atomic mass is 10.1. The monoisotopic (exact) mass is 468 g/mol. The van der Waals surface area contributed by atoms with Crippen molar-refractivity contribution < 1.29 is 17.9 Å². The molecule has 8 nitrogen and oxygen atoms in total. The first kappa shape index (κ1) is 21.8. The summed E-state index contributed by atoms with van der Waals surface area (Å²) in [4.78, 5) is 16.1. The van der Waals surface area contributed by atoms with Crippen molar-refractivity contribution in [2.45, 2.75) is 4.90 Å². The molecule has 2 amide bonds. The van der Waals surface area contributed by atoms with E-state index >= 15 is 0 Å². The summed E-state index contributed by atoms with van der Waals surface area (Å²) in [5, 5.41) is 8.96. The number of carbonyl (C=O) groups is 1. The number of benzene rings is 3. The Balaban J connectivity index is 1.59. The number of amides is 2. The van der Waals surface area contributed by atoms with Gasteiger partial charge in [0.15, 0.2) is 0 Å². The molecule has 0 saturated heterocycles. The Morgan fingerprint density at radius 3 is 2.44 bits per heavy atom. The Bertz CT molecular complexity index is 1370. The average Bonchev–Trinajstić information content (AvgIpc) is 3.22. The number of aromatic nitrogens is 1. The molecule has 0 aliphatic heterocycles. The topological polar surface area (TPSA) is 118 Å². The van der Waals surface area contributed by atoms with Crippen LogP contribution in [-0.4, -0.2) is 26.5 Å². The van der Waals surface area contributed by atoms with E-state index in [2.05, 4.69) is 23.1 Å². The number of hydrogen-bond acceptors (Lipinski definition) is 5. The van der Waals surface area contributed by atoms with Gasteiger partial charge in [-0.2, -0.15) is 0 Å². The Kier molecular flexibility index (Phi) is 5.83. The fourth-order valence-electron chi connectivity index (χ4n) is 3.26. The van der Waals surface area contributed by atoms with Crippen LogP contribution < -0.4 is 19.5 Å². The highest BCUT2D eigenvalue weighted by Gasteiger charge is 2.17. The highest BCUT2D eigenvalue weighted by atomic mass is 32.2. The number of H-pyrrole nitrogens is 1. The van der Waals surface area contributed by atoms with Gasteiger partial charge < -0.3 is 15.0 Å². The number of nitrogens with zero attached hydrogens (tertiary/aromatic N) is 1. The Morgan fingerprint density at radius 2 is 1.78 bits per heavy atom. The summed E-state index contributed by atoms with van der Waals surface area (Å²) in [6.07, 6.45) is 0. The highest BCUT2D eigenvalue weighted by Crippen LogP contribution is 2.32. The summed E-state index contributed by atoms with van der Waals surface area (Å²) in [5.74, 6) is 0.476. The molecular weight excluding hydrogens is 448 g/mol. The van der Waals surface area contributed by atoms with Crippen LogP contribution in [0.1, 0.15) is 0 Å². The number of primary sulfonamides is 1. The van der Waals surface area contributed by atoms with E-state index in [-0.39, 0.29) is 4.90 Å². The SMILES string of the molecule is COc1ccc(-c2cc3ccccc3[nH]2)cc1NC(=O)N(S)c1ccc(S(N)(=O)=O)cc1. The number of thiol groups is 1. The van der Waals surface area contributed by atoms with Crippen LogP contribution in [0.2, 0.25) is 0 Å². The maximum absolute atomic E-state index is 12.8. The van der Waals surface area contributed by atoms with Crippen molar-refractivity contribution in [2.75, 3.05) is 16.7 Å². The predicted molar refractivity (Wildman–Crippen MR) is 129 cm³/mol. The molecule has 0 saturated carbocycles. The van der Waals surface area contributed by atoms with Crippen molar-refractivity contribution >= 4 is 51.1 Å². The molecule has 0 bridgehead atoms. The van der Waals surface area contributed by atoms with Crippen LogP contribution in [0.3, 0.4) is 0 Å². The second-order valence-electron chi connectivity index (χ2n) is 6.97. The number of urea groups is 1. The normalized spacial score (nSPS) is 11.3. The molecule has 32 heavy (non-hydrogen) atoms. The van der Waals surface area contributed by atoms with E-state index in [1.54, 1.807) is 12.1 Å². The Hall–Kier alpha value is -3.47. The number of rotatable bonds is 5. The number of fused-ring (bicyclic) bond motifs is 1.